The number of unbranched alkanes of at least 4 members (excludes halogenated alkanes) is 9. The molecule has 0 saturated carbocycles. The number of rotatable bonds is 13. The van der Waals surface area contributed by atoms with Crippen LogP contribution in [-0.2, 0) is 13.1 Å². The Balaban J connectivity index is 1.93. The maximum Gasteiger partial charge on any atom is 0.0356 e. The second-order valence-electron chi connectivity index (χ2n) is 5.91. The van der Waals surface area contributed by atoms with Gasteiger partial charge in [-0.15, -0.1) is 0 Å². The molecule has 0 bridgehead atoms. The molecule has 0 amide bonds. The van der Waals surface area contributed by atoms with E-state index in [1.165, 1.54) is 76.4 Å². The van der Waals surface area contributed by atoms with Gasteiger partial charge in [0, 0.05) is 25.0 Å². The molecular weight excluding hydrogens is 244 g/mol. The van der Waals surface area contributed by atoms with E-state index >= 15 is 0 Å². The van der Waals surface area contributed by atoms with E-state index in [2.05, 4.69) is 35.1 Å². The second-order valence-corrected chi connectivity index (χ2v) is 5.91. The van der Waals surface area contributed by atoms with Crippen LogP contribution in [0.4, 0.5) is 0 Å². The molecule has 20 heavy (non-hydrogen) atoms. The minimum atomic E-state index is 0.977. The lowest BCUT2D eigenvalue weighted by Crippen LogP contribution is -2.10. The predicted molar refractivity (Wildman–Crippen MR) is 89.0 cm³/mol. The zero-order chi connectivity index (χ0) is 14.5. The molecule has 1 N–H and O–H groups in total. The van der Waals surface area contributed by atoms with Gasteiger partial charge in [0.1, 0.15) is 0 Å². The topological polar surface area (TPSA) is 17.0 Å². The van der Waals surface area contributed by atoms with E-state index < -0.39 is 0 Å². The molecule has 1 rings (SSSR count). The summed E-state index contributed by atoms with van der Waals surface area (Å²) in [4.78, 5) is 0. The van der Waals surface area contributed by atoms with Crippen LogP contribution in [0.3, 0.4) is 0 Å². The van der Waals surface area contributed by atoms with E-state index in [9.17, 15) is 0 Å². The minimum absolute atomic E-state index is 0.977. The van der Waals surface area contributed by atoms with Gasteiger partial charge in [-0.2, -0.15) is 0 Å². The van der Waals surface area contributed by atoms with Crippen LogP contribution < -0.4 is 5.32 Å². The van der Waals surface area contributed by atoms with Crippen molar-refractivity contribution in [2.75, 3.05) is 7.05 Å². The molecule has 0 atom stereocenters. The highest BCUT2D eigenvalue weighted by molar-refractivity contribution is 5.06. The second kappa shape index (κ2) is 12.0. The summed E-state index contributed by atoms with van der Waals surface area (Å²) >= 11 is 0. The van der Waals surface area contributed by atoms with E-state index in [-0.39, 0.29) is 0 Å². The van der Waals surface area contributed by atoms with Gasteiger partial charge in [0.15, 0.2) is 0 Å². The first-order valence-electron chi connectivity index (χ1n) is 8.67. The van der Waals surface area contributed by atoms with Crippen LogP contribution in [0.15, 0.2) is 18.3 Å². The number of hydrogen-bond acceptors (Lipinski definition) is 1. The van der Waals surface area contributed by atoms with Gasteiger partial charge in [-0.05, 0) is 25.6 Å². The first-order chi connectivity index (χ1) is 9.88. The minimum Gasteiger partial charge on any atom is -0.350 e. The van der Waals surface area contributed by atoms with Crippen LogP contribution in [0.1, 0.15) is 76.8 Å². The number of aryl methyl sites for hydroxylation is 1. The van der Waals surface area contributed by atoms with Crippen molar-refractivity contribution in [3.05, 3.63) is 24.0 Å². The number of aromatic nitrogens is 1. The lowest BCUT2D eigenvalue weighted by Gasteiger charge is -2.08. The first kappa shape index (κ1) is 17.3. The molecule has 1 aromatic heterocycles. The van der Waals surface area contributed by atoms with Crippen molar-refractivity contribution in [1.82, 2.24) is 9.88 Å². The third kappa shape index (κ3) is 7.74. The zero-order valence-corrected chi connectivity index (χ0v) is 13.7. The molecule has 0 aliphatic rings. The van der Waals surface area contributed by atoms with Gasteiger partial charge in [0.05, 0.1) is 0 Å². The maximum atomic E-state index is 3.23. The van der Waals surface area contributed by atoms with Crippen LogP contribution in [0.5, 0.6) is 0 Å². The Kier molecular flexibility index (Phi) is 10.4. The summed E-state index contributed by atoms with van der Waals surface area (Å²) in [6.07, 6.45) is 16.3. The average molecular weight is 278 g/mol. The molecule has 0 aromatic carbocycles. The van der Waals surface area contributed by atoms with Crippen molar-refractivity contribution in [2.24, 2.45) is 0 Å². The van der Waals surface area contributed by atoms with Gasteiger partial charge in [0.2, 0.25) is 0 Å². The highest BCUT2D eigenvalue weighted by atomic mass is 15.0. The molecule has 116 valence electrons. The van der Waals surface area contributed by atoms with Gasteiger partial charge >= 0.3 is 0 Å². The van der Waals surface area contributed by atoms with Crippen molar-refractivity contribution in [3.63, 3.8) is 0 Å². The molecular formula is C18H34N2. The molecule has 0 fully saturated rings. The Hall–Kier alpha value is -0.760. The molecule has 1 heterocycles. The van der Waals surface area contributed by atoms with Crippen LogP contribution in [0.25, 0.3) is 0 Å². The van der Waals surface area contributed by atoms with Crippen LogP contribution in [0.2, 0.25) is 0 Å². The fraction of sp³-hybridized carbons (Fsp3) is 0.778. The van der Waals surface area contributed by atoms with Crippen molar-refractivity contribution >= 4 is 0 Å². The summed E-state index contributed by atoms with van der Waals surface area (Å²) in [5.74, 6) is 0. The van der Waals surface area contributed by atoms with E-state index in [1.807, 2.05) is 7.05 Å². The lowest BCUT2D eigenvalue weighted by molar-refractivity contribution is 0.527. The van der Waals surface area contributed by atoms with Gasteiger partial charge in [-0.1, -0.05) is 64.7 Å². The third-order valence-electron chi connectivity index (χ3n) is 4.03. The highest BCUT2D eigenvalue weighted by Gasteiger charge is 1.99. The fourth-order valence-electron chi connectivity index (χ4n) is 2.78. The van der Waals surface area contributed by atoms with Crippen molar-refractivity contribution in [1.29, 1.82) is 0 Å². The van der Waals surface area contributed by atoms with E-state index in [0.717, 1.165) is 6.54 Å². The monoisotopic (exact) mass is 278 g/mol. The van der Waals surface area contributed by atoms with Gasteiger partial charge in [-0.25, -0.2) is 0 Å². The van der Waals surface area contributed by atoms with Crippen LogP contribution in [-0.4, -0.2) is 11.6 Å². The molecule has 0 aliphatic heterocycles. The summed E-state index contributed by atoms with van der Waals surface area (Å²) in [5.41, 5.74) is 1.41. The van der Waals surface area contributed by atoms with E-state index in [0.29, 0.717) is 0 Å². The molecule has 2 heteroatoms. The normalized spacial score (nSPS) is 11.1. The van der Waals surface area contributed by atoms with Gasteiger partial charge in [-0.3, -0.25) is 0 Å². The van der Waals surface area contributed by atoms with Crippen molar-refractivity contribution in [3.8, 4) is 0 Å². The Bertz CT molecular complexity index is 317. The quantitative estimate of drug-likeness (QED) is 0.495. The maximum absolute atomic E-state index is 3.23. The number of hydrogen-bond donors (Lipinski definition) is 1. The summed E-state index contributed by atoms with van der Waals surface area (Å²) in [6, 6.07) is 4.37. The van der Waals surface area contributed by atoms with Crippen LogP contribution >= 0.6 is 0 Å². The largest absolute Gasteiger partial charge is 0.350 e. The van der Waals surface area contributed by atoms with E-state index in [4.69, 9.17) is 0 Å². The molecule has 1 aromatic rings. The van der Waals surface area contributed by atoms with Gasteiger partial charge < -0.3 is 9.88 Å². The Morgan fingerprint density at radius 1 is 0.900 bits per heavy atom. The molecule has 0 saturated heterocycles. The van der Waals surface area contributed by atoms with Crippen molar-refractivity contribution < 1.29 is 0 Å². The summed E-state index contributed by atoms with van der Waals surface area (Å²) in [6.45, 7) is 4.44. The Labute approximate surface area is 126 Å². The predicted octanol–water partition coefficient (Wildman–Crippen LogP) is 5.13. The summed E-state index contributed by atoms with van der Waals surface area (Å²) in [5, 5.41) is 3.23. The van der Waals surface area contributed by atoms with Crippen molar-refractivity contribution in [2.45, 2.75) is 84.2 Å². The Morgan fingerprint density at radius 2 is 1.50 bits per heavy atom. The Morgan fingerprint density at radius 3 is 2.10 bits per heavy atom. The SMILES string of the molecule is CCCCCCCCCCCCn1cccc1CNC. The molecule has 0 unspecified atom stereocenters. The lowest BCUT2D eigenvalue weighted by atomic mass is 10.1. The smallest absolute Gasteiger partial charge is 0.0356 e. The first-order valence-corrected chi connectivity index (χ1v) is 8.67. The fourth-order valence-corrected chi connectivity index (χ4v) is 2.78. The standard InChI is InChI=1S/C18H34N2/c1-3-4-5-6-7-8-9-10-11-12-15-20-16-13-14-18(20)17-19-2/h13-14,16,19H,3-12,15,17H2,1-2H3. The van der Waals surface area contributed by atoms with E-state index in [1.54, 1.807) is 0 Å². The number of nitrogens with zero attached hydrogens (tertiary/aromatic N) is 1. The average Bonchev–Trinajstić information content (AvgIpc) is 2.89. The molecule has 0 spiro atoms. The van der Waals surface area contributed by atoms with Crippen LogP contribution in [0, 0.1) is 0 Å². The summed E-state index contributed by atoms with van der Waals surface area (Å²) < 4.78 is 2.39. The van der Waals surface area contributed by atoms with Gasteiger partial charge in [0.25, 0.3) is 0 Å². The highest BCUT2D eigenvalue weighted by Crippen LogP contribution is 2.11. The third-order valence-corrected chi connectivity index (χ3v) is 4.03. The molecule has 0 radical (unpaired) electrons. The molecule has 0 aliphatic carbocycles. The zero-order valence-electron chi connectivity index (χ0n) is 13.7. The molecule has 2 nitrogen and oxygen atoms in total. The number of nitrogens with one attached hydrogen (secondary N) is 1. The summed E-state index contributed by atoms with van der Waals surface area (Å²) in [7, 11) is 2.01.